The van der Waals surface area contributed by atoms with Crippen LogP contribution in [-0.2, 0) is 0 Å². The number of benzene rings is 1. The summed E-state index contributed by atoms with van der Waals surface area (Å²) in [4.78, 5) is 11.9. The van der Waals surface area contributed by atoms with Crippen LogP contribution in [-0.4, -0.2) is 17.8 Å². The van der Waals surface area contributed by atoms with Crippen molar-refractivity contribution in [2.24, 2.45) is 11.8 Å². The van der Waals surface area contributed by atoms with E-state index in [2.05, 4.69) is 21.2 Å². The fraction of sp³-hybridized carbons (Fsp3) is 0.533. The van der Waals surface area contributed by atoms with Gasteiger partial charge in [-0.05, 0) is 42.9 Å². The molecule has 0 bridgehead atoms. The summed E-state index contributed by atoms with van der Waals surface area (Å²) in [5.74, 6) is 0.620. The molecule has 1 amide bonds. The molecule has 1 aliphatic rings. The van der Waals surface area contributed by atoms with Gasteiger partial charge in [-0.15, -0.1) is 0 Å². The lowest BCUT2D eigenvalue weighted by molar-refractivity contribution is 0.0936. The Kier molecular flexibility index (Phi) is 5.37. The van der Waals surface area contributed by atoms with Crippen LogP contribution in [0.15, 0.2) is 24.3 Å². The van der Waals surface area contributed by atoms with Gasteiger partial charge in [-0.2, -0.15) is 0 Å². The summed E-state index contributed by atoms with van der Waals surface area (Å²) in [6, 6.07) is 5.82. The van der Waals surface area contributed by atoms with E-state index in [4.69, 9.17) is 0 Å². The molecule has 1 saturated carbocycles. The molecule has 1 N–H and O–H groups in total. The SMILES string of the molecule is O=C(NCC1CCCCC1CBr)c1cccc(F)c1. The monoisotopic (exact) mass is 327 g/mol. The molecular formula is C15H19BrFNO. The molecule has 2 atom stereocenters. The maximum atomic E-state index is 13.1. The zero-order valence-corrected chi connectivity index (χ0v) is 12.5. The van der Waals surface area contributed by atoms with Gasteiger partial charge in [-0.3, -0.25) is 4.79 Å². The van der Waals surface area contributed by atoms with Crippen LogP contribution in [0.25, 0.3) is 0 Å². The average molecular weight is 328 g/mol. The number of alkyl halides is 1. The highest BCUT2D eigenvalue weighted by Gasteiger charge is 2.24. The minimum atomic E-state index is -0.372. The Balaban J connectivity index is 1.89. The van der Waals surface area contributed by atoms with Crippen LogP contribution >= 0.6 is 15.9 Å². The first kappa shape index (κ1) is 14.5. The molecule has 1 fully saturated rings. The summed E-state index contributed by atoms with van der Waals surface area (Å²) in [6.45, 7) is 0.686. The molecular weight excluding hydrogens is 309 g/mol. The van der Waals surface area contributed by atoms with E-state index in [-0.39, 0.29) is 11.7 Å². The van der Waals surface area contributed by atoms with Gasteiger partial charge in [0.25, 0.3) is 5.91 Å². The van der Waals surface area contributed by atoms with E-state index in [1.807, 2.05) is 0 Å². The van der Waals surface area contributed by atoms with Crippen LogP contribution < -0.4 is 5.32 Å². The summed E-state index contributed by atoms with van der Waals surface area (Å²) >= 11 is 3.55. The molecule has 0 spiro atoms. The fourth-order valence-electron chi connectivity index (χ4n) is 2.71. The highest BCUT2D eigenvalue weighted by Crippen LogP contribution is 2.30. The quantitative estimate of drug-likeness (QED) is 0.838. The normalized spacial score (nSPS) is 23.1. The van der Waals surface area contributed by atoms with Gasteiger partial charge in [0.2, 0.25) is 0 Å². The van der Waals surface area contributed by atoms with Crippen molar-refractivity contribution in [3.63, 3.8) is 0 Å². The molecule has 0 heterocycles. The van der Waals surface area contributed by atoms with Crippen molar-refractivity contribution >= 4 is 21.8 Å². The van der Waals surface area contributed by atoms with E-state index in [1.54, 1.807) is 12.1 Å². The molecule has 4 heteroatoms. The van der Waals surface area contributed by atoms with Crippen LogP contribution in [0.1, 0.15) is 36.0 Å². The third-order valence-corrected chi connectivity index (χ3v) is 4.71. The molecule has 1 aromatic rings. The third-order valence-electron chi connectivity index (χ3n) is 3.88. The second-order valence-electron chi connectivity index (χ2n) is 5.18. The van der Waals surface area contributed by atoms with Crippen molar-refractivity contribution in [2.75, 3.05) is 11.9 Å². The van der Waals surface area contributed by atoms with Gasteiger partial charge >= 0.3 is 0 Å². The van der Waals surface area contributed by atoms with E-state index in [0.717, 1.165) is 5.33 Å². The smallest absolute Gasteiger partial charge is 0.251 e. The van der Waals surface area contributed by atoms with E-state index >= 15 is 0 Å². The van der Waals surface area contributed by atoms with E-state index in [9.17, 15) is 9.18 Å². The fourth-order valence-corrected chi connectivity index (χ4v) is 3.56. The molecule has 0 aliphatic heterocycles. The molecule has 2 unspecified atom stereocenters. The van der Waals surface area contributed by atoms with Gasteiger partial charge in [0.15, 0.2) is 0 Å². The molecule has 0 saturated heterocycles. The lowest BCUT2D eigenvalue weighted by Crippen LogP contribution is -2.34. The largest absolute Gasteiger partial charge is 0.352 e. The first-order chi connectivity index (χ1) is 9.20. The Morgan fingerprint density at radius 2 is 2.05 bits per heavy atom. The number of carbonyl (C=O) groups is 1. The van der Waals surface area contributed by atoms with E-state index in [0.29, 0.717) is 23.9 Å². The first-order valence-corrected chi connectivity index (χ1v) is 7.92. The van der Waals surface area contributed by atoms with Crippen molar-refractivity contribution in [1.29, 1.82) is 0 Å². The molecule has 104 valence electrons. The number of amides is 1. The first-order valence-electron chi connectivity index (χ1n) is 6.80. The summed E-state index contributed by atoms with van der Waals surface area (Å²) in [5, 5.41) is 3.93. The highest BCUT2D eigenvalue weighted by atomic mass is 79.9. The minimum Gasteiger partial charge on any atom is -0.352 e. The van der Waals surface area contributed by atoms with Gasteiger partial charge in [0.1, 0.15) is 5.82 Å². The topological polar surface area (TPSA) is 29.1 Å². The molecule has 19 heavy (non-hydrogen) atoms. The van der Waals surface area contributed by atoms with E-state index < -0.39 is 0 Å². The number of halogens is 2. The van der Waals surface area contributed by atoms with E-state index in [1.165, 1.54) is 37.8 Å². The lowest BCUT2D eigenvalue weighted by Gasteiger charge is -2.30. The Morgan fingerprint density at radius 1 is 1.32 bits per heavy atom. The van der Waals surface area contributed by atoms with Gasteiger partial charge < -0.3 is 5.32 Å². The maximum absolute atomic E-state index is 13.1. The van der Waals surface area contributed by atoms with Crippen LogP contribution in [0, 0.1) is 17.7 Å². The van der Waals surface area contributed by atoms with Crippen LogP contribution in [0.4, 0.5) is 4.39 Å². The minimum absolute atomic E-state index is 0.182. The maximum Gasteiger partial charge on any atom is 0.251 e. The van der Waals surface area contributed by atoms with Crippen LogP contribution in [0.3, 0.4) is 0 Å². The Bertz CT molecular complexity index is 438. The zero-order chi connectivity index (χ0) is 13.7. The van der Waals surface area contributed by atoms with Crippen LogP contribution in [0.2, 0.25) is 0 Å². The number of nitrogens with one attached hydrogen (secondary N) is 1. The van der Waals surface area contributed by atoms with Crippen LogP contribution in [0.5, 0.6) is 0 Å². The van der Waals surface area contributed by atoms with Crippen molar-refractivity contribution < 1.29 is 9.18 Å². The zero-order valence-electron chi connectivity index (χ0n) is 10.9. The Labute approximate surface area is 121 Å². The highest BCUT2D eigenvalue weighted by molar-refractivity contribution is 9.09. The molecule has 0 radical (unpaired) electrons. The van der Waals surface area contributed by atoms with Crippen molar-refractivity contribution in [1.82, 2.24) is 5.32 Å². The number of hydrogen-bond acceptors (Lipinski definition) is 1. The Morgan fingerprint density at radius 3 is 2.74 bits per heavy atom. The predicted molar refractivity (Wildman–Crippen MR) is 78.0 cm³/mol. The summed E-state index contributed by atoms with van der Waals surface area (Å²) in [7, 11) is 0. The van der Waals surface area contributed by atoms with Gasteiger partial charge in [0, 0.05) is 17.4 Å². The molecule has 1 aliphatic carbocycles. The predicted octanol–water partition coefficient (Wildman–Crippen LogP) is 3.76. The van der Waals surface area contributed by atoms with Gasteiger partial charge in [-0.1, -0.05) is 34.8 Å². The third kappa shape index (κ3) is 4.03. The van der Waals surface area contributed by atoms with Gasteiger partial charge in [0.05, 0.1) is 0 Å². The van der Waals surface area contributed by atoms with Crippen molar-refractivity contribution in [3.05, 3.63) is 35.6 Å². The summed E-state index contributed by atoms with van der Waals surface area (Å²) < 4.78 is 13.1. The molecule has 2 nitrogen and oxygen atoms in total. The standard InChI is InChI=1S/C15H19BrFNO/c16-9-12-4-1-2-5-13(12)10-18-15(19)11-6-3-7-14(17)8-11/h3,6-8,12-13H,1-2,4-5,9-10H2,(H,18,19). The second-order valence-corrected chi connectivity index (χ2v) is 5.83. The number of carbonyl (C=O) groups excluding carboxylic acids is 1. The second kappa shape index (κ2) is 7.04. The molecule has 1 aromatic carbocycles. The van der Waals surface area contributed by atoms with Crippen molar-refractivity contribution in [3.8, 4) is 0 Å². The average Bonchev–Trinajstić information content (AvgIpc) is 2.45. The van der Waals surface area contributed by atoms with Crippen molar-refractivity contribution in [2.45, 2.75) is 25.7 Å². The summed E-state index contributed by atoms with van der Waals surface area (Å²) in [5.41, 5.74) is 0.395. The van der Waals surface area contributed by atoms with Gasteiger partial charge in [-0.25, -0.2) is 4.39 Å². The molecule has 0 aromatic heterocycles. The number of rotatable bonds is 4. The Hall–Kier alpha value is -0.900. The lowest BCUT2D eigenvalue weighted by atomic mass is 9.80. The summed E-state index contributed by atoms with van der Waals surface area (Å²) in [6.07, 6.45) is 4.92. The molecule has 2 rings (SSSR count). The number of hydrogen-bond donors (Lipinski definition) is 1.